The number of carbonyl (C=O) groups is 2. The zero-order valence-electron chi connectivity index (χ0n) is 12.8. The molecule has 0 saturated heterocycles. The van der Waals surface area contributed by atoms with Gasteiger partial charge in [-0.05, 0) is 56.4 Å². The Morgan fingerprint density at radius 3 is 1.90 bits per heavy atom. The minimum absolute atomic E-state index is 0.0253. The number of ketones is 1. The number of benzene rings is 1. The van der Waals surface area contributed by atoms with Gasteiger partial charge in [-0.25, -0.2) is 0 Å². The summed E-state index contributed by atoms with van der Waals surface area (Å²) in [6.07, 6.45) is 5.90. The van der Waals surface area contributed by atoms with Gasteiger partial charge in [-0.2, -0.15) is 0 Å². The van der Waals surface area contributed by atoms with Crippen LogP contribution in [0.15, 0.2) is 24.3 Å². The largest absolute Gasteiger partial charge is 0.469 e. The first kappa shape index (κ1) is 14.3. The van der Waals surface area contributed by atoms with Crippen LogP contribution in [-0.2, 0) is 14.9 Å². The third kappa shape index (κ3) is 2.19. The molecule has 0 amide bonds. The Kier molecular flexibility index (Phi) is 3.39. The maximum Gasteiger partial charge on any atom is 0.311 e. The van der Waals surface area contributed by atoms with Crippen molar-refractivity contribution in [3.05, 3.63) is 35.4 Å². The summed E-state index contributed by atoms with van der Waals surface area (Å²) in [6, 6.07) is 8.08. The van der Waals surface area contributed by atoms with E-state index < -0.39 is 0 Å². The summed E-state index contributed by atoms with van der Waals surface area (Å²) < 4.78 is 5.01. The molecule has 0 radical (unpaired) electrons. The highest BCUT2D eigenvalue weighted by molar-refractivity contribution is 5.94. The standard InChI is InChI=1S/C18H22O3/c1-13(19)14-3-5-15(6-4-14)17-7-10-18(11-8-17,12-9-17)16(20)21-2/h3-6H,7-12H2,1-2H3. The summed E-state index contributed by atoms with van der Waals surface area (Å²) in [4.78, 5) is 23.4. The van der Waals surface area contributed by atoms with Gasteiger partial charge in [0.1, 0.15) is 0 Å². The molecule has 2 bridgehead atoms. The summed E-state index contributed by atoms with van der Waals surface area (Å²) in [7, 11) is 1.49. The van der Waals surface area contributed by atoms with Gasteiger partial charge in [0.05, 0.1) is 12.5 Å². The second-order valence-corrected chi connectivity index (χ2v) is 6.69. The van der Waals surface area contributed by atoms with Crippen molar-refractivity contribution in [2.45, 2.75) is 50.9 Å². The molecule has 0 aromatic heterocycles. The Morgan fingerprint density at radius 2 is 1.48 bits per heavy atom. The van der Waals surface area contributed by atoms with Crippen LogP contribution in [0.1, 0.15) is 61.4 Å². The Bertz CT molecular complexity index is 546. The third-order valence-corrected chi connectivity index (χ3v) is 5.77. The fraction of sp³-hybridized carbons (Fsp3) is 0.556. The number of rotatable bonds is 3. The van der Waals surface area contributed by atoms with Crippen molar-refractivity contribution in [1.82, 2.24) is 0 Å². The van der Waals surface area contributed by atoms with Crippen molar-refractivity contribution in [2.75, 3.05) is 7.11 Å². The molecule has 0 spiro atoms. The number of fused-ring (bicyclic) bond motifs is 3. The average molecular weight is 286 g/mol. The molecule has 3 aliphatic rings. The van der Waals surface area contributed by atoms with Crippen molar-refractivity contribution in [2.24, 2.45) is 5.41 Å². The molecule has 0 N–H and O–H groups in total. The van der Waals surface area contributed by atoms with Crippen molar-refractivity contribution in [3.63, 3.8) is 0 Å². The van der Waals surface area contributed by atoms with Crippen molar-refractivity contribution < 1.29 is 14.3 Å². The molecule has 3 heteroatoms. The van der Waals surface area contributed by atoms with Crippen LogP contribution in [0.4, 0.5) is 0 Å². The van der Waals surface area contributed by atoms with E-state index in [-0.39, 0.29) is 22.6 Å². The van der Waals surface area contributed by atoms with Crippen LogP contribution < -0.4 is 0 Å². The van der Waals surface area contributed by atoms with E-state index in [4.69, 9.17) is 4.74 Å². The molecule has 0 heterocycles. The smallest absolute Gasteiger partial charge is 0.311 e. The van der Waals surface area contributed by atoms with Gasteiger partial charge in [-0.15, -0.1) is 0 Å². The molecule has 3 aliphatic carbocycles. The van der Waals surface area contributed by atoms with Crippen LogP contribution in [0.25, 0.3) is 0 Å². The molecule has 0 atom stereocenters. The van der Waals surface area contributed by atoms with E-state index in [1.54, 1.807) is 6.92 Å². The highest BCUT2D eigenvalue weighted by Gasteiger charge is 2.53. The van der Waals surface area contributed by atoms with Gasteiger partial charge in [0.2, 0.25) is 0 Å². The van der Waals surface area contributed by atoms with Crippen LogP contribution in [0, 0.1) is 5.41 Å². The molecule has 1 aromatic rings. The molecular weight excluding hydrogens is 264 g/mol. The lowest BCUT2D eigenvalue weighted by Gasteiger charge is -2.52. The molecule has 3 fully saturated rings. The first-order valence-electron chi connectivity index (χ1n) is 7.71. The maximum absolute atomic E-state index is 12.0. The Balaban J connectivity index is 1.83. The quantitative estimate of drug-likeness (QED) is 0.629. The van der Waals surface area contributed by atoms with Gasteiger partial charge in [0, 0.05) is 5.56 Å². The van der Waals surface area contributed by atoms with Crippen LogP contribution >= 0.6 is 0 Å². The van der Waals surface area contributed by atoms with E-state index in [0.717, 1.165) is 44.1 Å². The predicted octanol–water partition coefficient (Wildman–Crippen LogP) is 3.65. The van der Waals surface area contributed by atoms with Gasteiger partial charge >= 0.3 is 5.97 Å². The van der Waals surface area contributed by atoms with E-state index in [0.29, 0.717) is 0 Å². The lowest BCUT2D eigenvalue weighted by atomic mass is 9.52. The molecule has 4 rings (SSSR count). The number of Topliss-reactive ketones (excluding diaryl/α,β-unsaturated/α-hetero) is 1. The average Bonchev–Trinajstić information content (AvgIpc) is 2.55. The van der Waals surface area contributed by atoms with Crippen molar-refractivity contribution in [1.29, 1.82) is 0 Å². The first-order chi connectivity index (χ1) is 10.0. The van der Waals surface area contributed by atoms with E-state index in [2.05, 4.69) is 12.1 Å². The first-order valence-corrected chi connectivity index (χ1v) is 7.71. The minimum Gasteiger partial charge on any atom is -0.469 e. The Labute approximate surface area is 125 Å². The lowest BCUT2D eigenvalue weighted by molar-refractivity contribution is -0.160. The van der Waals surface area contributed by atoms with E-state index in [9.17, 15) is 9.59 Å². The monoisotopic (exact) mass is 286 g/mol. The number of hydrogen-bond donors (Lipinski definition) is 0. The van der Waals surface area contributed by atoms with Gasteiger partial charge in [0.25, 0.3) is 0 Å². The molecule has 0 aliphatic heterocycles. The van der Waals surface area contributed by atoms with Crippen LogP contribution in [-0.4, -0.2) is 18.9 Å². The van der Waals surface area contributed by atoms with E-state index in [1.165, 1.54) is 12.7 Å². The number of methoxy groups -OCH3 is 1. The highest BCUT2D eigenvalue weighted by Crippen LogP contribution is 2.58. The zero-order chi connectivity index (χ0) is 15.1. The Hall–Kier alpha value is -1.64. The summed E-state index contributed by atoms with van der Waals surface area (Å²) in [5.74, 6) is 0.0822. The molecule has 1 aromatic carbocycles. The molecule has 21 heavy (non-hydrogen) atoms. The summed E-state index contributed by atoms with van der Waals surface area (Å²) in [6.45, 7) is 1.60. The number of carbonyl (C=O) groups excluding carboxylic acids is 2. The number of ether oxygens (including phenoxy) is 1. The number of esters is 1. The lowest BCUT2D eigenvalue weighted by Crippen LogP contribution is -2.48. The molecular formula is C18H22O3. The van der Waals surface area contributed by atoms with E-state index >= 15 is 0 Å². The van der Waals surface area contributed by atoms with Crippen molar-refractivity contribution >= 4 is 11.8 Å². The molecule has 0 unspecified atom stereocenters. The zero-order valence-corrected chi connectivity index (χ0v) is 12.8. The maximum atomic E-state index is 12.0. The topological polar surface area (TPSA) is 43.4 Å². The van der Waals surface area contributed by atoms with Crippen LogP contribution in [0.3, 0.4) is 0 Å². The fourth-order valence-corrected chi connectivity index (χ4v) is 4.20. The van der Waals surface area contributed by atoms with Gasteiger partial charge in [-0.3, -0.25) is 9.59 Å². The summed E-state index contributed by atoms with van der Waals surface area (Å²) >= 11 is 0. The molecule has 3 saturated carbocycles. The van der Waals surface area contributed by atoms with Crippen LogP contribution in [0.2, 0.25) is 0 Å². The Morgan fingerprint density at radius 1 is 0.952 bits per heavy atom. The third-order valence-electron chi connectivity index (χ3n) is 5.77. The minimum atomic E-state index is -0.226. The van der Waals surface area contributed by atoms with Gasteiger partial charge in [0.15, 0.2) is 5.78 Å². The normalized spacial score (nSPS) is 31.0. The highest BCUT2D eigenvalue weighted by atomic mass is 16.5. The summed E-state index contributed by atoms with van der Waals surface area (Å²) in [5.41, 5.74) is 2.07. The fourth-order valence-electron chi connectivity index (χ4n) is 4.20. The van der Waals surface area contributed by atoms with Gasteiger partial charge < -0.3 is 4.74 Å². The second-order valence-electron chi connectivity index (χ2n) is 6.69. The molecule has 112 valence electrons. The van der Waals surface area contributed by atoms with Crippen LogP contribution in [0.5, 0.6) is 0 Å². The SMILES string of the molecule is COC(=O)C12CCC(c3ccc(C(C)=O)cc3)(CC1)CC2. The van der Waals surface area contributed by atoms with E-state index in [1.807, 2.05) is 12.1 Å². The molecule has 3 nitrogen and oxygen atoms in total. The second kappa shape index (κ2) is 4.97. The van der Waals surface area contributed by atoms with Gasteiger partial charge in [-0.1, -0.05) is 24.3 Å². The predicted molar refractivity (Wildman–Crippen MR) is 80.3 cm³/mol. The van der Waals surface area contributed by atoms with Crippen molar-refractivity contribution in [3.8, 4) is 0 Å². The number of hydrogen-bond acceptors (Lipinski definition) is 3. The summed E-state index contributed by atoms with van der Waals surface area (Å²) in [5, 5.41) is 0.